The predicted octanol–water partition coefficient (Wildman–Crippen LogP) is 3.62. The summed E-state index contributed by atoms with van der Waals surface area (Å²) in [6.45, 7) is 13.5. The molecule has 0 amide bonds. The highest BCUT2D eigenvalue weighted by molar-refractivity contribution is 4.84. The summed E-state index contributed by atoms with van der Waals surface area (Å²) in [5.41, 5.74) is 0.561. The van der Waals surface area contributed by atoms with E-state index in [9.17, 15) is 0 Å². The van der Waals surface area contributed by atoms with E-state index in [4.69, 9.17) is 0 Å². The first kappa shape index (κ1) is 16.0. The highest BCUT2D eigenvalue weighted by atomic mass is 15.1. The van der Waals surface area contributed by atoms with Gasteiger partial charge in [0.1, 0.15) is 0 Å². The number of unbranched alkanes of at least 4 members (excludes halogenated alkanes) is 2. The molecule has 0 spiro atoms. The van der Waals surface area contributed by atoms with Gasteiger partial charge in [0.25, 0.3) is 0 Å². The van der Waals surface area contributed by atoms with Crippen molar-refractivity contribution in [2.45, 2.75) is 59.3 Å². The maximum atomic E-state index is 2.64. The normalized spacial score (nSPS) is 20.5. The number of hydrogen-bond donors (Lipinski definition) is 0. The highest BCUT2D eigenvalue weighted by Crippen LogP contribution is 2.31. The van der Waals surface area contributed by atoms with Crippen LogP contribution in [0.25, 0.3) is 0 Å². The van der Waals surface area contributed by atoms with E-state index in [1.807, 2.05) is 0 Å². The topological polar surface area (TPSA) is 6.48 Å². The molecule has 0 N–H and O–H groups in total. The van der Waals surface area contributed by atoms with Crippen molar-refractivity contribution in [2.75, 3.05) is 39.8 Å². The Kier molecular flexibility index (Phi) is 7.25. The van der Waals surface area contributed by atoms with Crippen LogP contribution >= 0.6 is 0 Å². The van der Waals surface area contributed by atoms with Crippen molar-refractivity contribution < 1.29 is 0 Å². The van der Waals surface area contributed by atoms with Crippen molar-refractivity contribution in [3.8, 4) is 0 Å². The second-order valence-corrected chi connectivity index (χ2v) is 6.60. The van der Waals surface area contributed by atoms with Crippen LogP contribution in [0.4, 0.5) is 0 Å². The summed E-state index contributed by atoms with van der Waals surface area (Å²) in [4.78, 5) is 5.20. The minimum atomic E-state index is 0.561. The average Bonchev–Trinajstić information content (AvgIpc) is 2.33. The quantitative estimate of drug-likeness (QED) is 0.610. The molecule has 0 aromatic rings. The molecule has 0 aromatic carbocycles. The minimum Gasteiger partial charge on any atom is -0.306 e. The first-order valence-electron chi connectivity index (χ1n) is 8.00. The monoisotopic (exact) mass is 254 g/mol. The summed E-state index contributed by atoms with van der Waals surface area (Å²) < 4.78 is 0. The van der Waals surface area contributed by atoms with Gasteiger partial charge in [0.2, 0.25) is 0 Å². The van der Waals surface area contributed by atoms with Gasteiger partial charge in [-0.3, -0.25) is 0 Å². The van der Waals surface area contributed by atoms with E-state index >= 15 is 0 Å². The van der Waals surface area contributed by atoms with Crippen molar-refractivity contribution in [3.05, 3.63) is 0 Å². The Bertz CT molecular complexity index is 207. The van der Waals surface area contributed by atoms with Gasteiger partial charge in [-0.1, -0.05) is 33.6 Å². The number of piperidine rings is 1. The second-order valence-electron chi connectivity index (χ2n) is 6.60. The van der Waals surface area contributed by atoms with Crippen LogP contribution in [-0.2, 0) is 0 Å². The Morgan fingerprint density at radius 1 is 1.06 bits per heavy atom. The summed E-state index contributed by atoms with van der Waals surface area (Å²) in [6.07, 6.45) is 8.14. The molecule has 1 rings (SSSR count). The molecule has 0 aliphatic carbocycles. The third-order valence-electron chi connectivity index (χ3n) is 4.40. The minimum absolute atomic E-state index is 0.561. The molecule has 0 saturated carbocycles. The van der Waals surface area contributed by atoms with Gasteiger partial charge >= 0.3 is 0 Å². The third-order valence-corrected chi connectivity index (χ3v) is 4.40. The molecule has 1 saturated heterocycles. The van der Waals surface area contributed by atoms with Crippen LogP contribution in [-0.4, -0.2) is 49.6 Å². The maximum absolute atomic E-state index is 2.64. The van der Waals surface area contributed by atoms with Crippen LogP contribution in [0, 0.1) is 5.41 Å². The van der Waals surface area contributed by atoms with Crippen molar-refractivity contribution >= 4 is 0 Å². The summed E-state index contributed by atoms with van der Waals surface area (Å²) in [5, 5.41) is 0. The van der Waals surface area contributed by atoms with Crippen molar-refractivity contribution in [2.24, 2.45) is 5.41 Å². The molecule has 0 bridgehead atoms. The highest BCUT2D eigenvalue weighted by Gasteiger charge is 2.30. The van der Waals surface area contributed by atoms with Gasteiger partial charge in [0.05, 0.1) is 0 Å². The first-order valence-corrected chi connectivity index (χ1v) is 8.00. The predicted molar refractivity (Wildman–Crippen MR) is 81.1 cm³/mol. The fourth-order valence-electron chi connectivity index (χ4n) is 3.15. The smallest absolute Gasteiger partial charge is 0.00332 e. The van der Waals surface area contributed by atoms with Crippen LogP contribution in [0.3, 0.4) is 0 Å². The molecule has 0 aromatic heterocycles. The Labute approximate surface area is 115 Å². The van der Waals surface area contributed by atoms with Crippen LogP contribution in [0.15, 0.2) is 0 Å². The van der Waals surface area contributed by atoms with Gasteiger partial charge in [0.15, 0.2) is 0 Å². The lowest BCUT2D eigenvalue weighted by molar-refractivity contribution is 0.0838. The van der Waals surface area contributed by atoms with Gasteiger partial charge in [-0.25, -0.2) is 0 Å². The number of nitrogens with zero attached hydrogens (tertiary/aromatic N) is 2. The zero-order valence-electron chi connectivity index (χ0n) is 13.2. The molecule has 1 heterocycles. The number of hydrogen-bond acceptors (Lipinski definition) is 2. The molecule has 2 heteroatoms. The van der Waals surface area contributed by atoms with Gasteiger partial charge in [-0.15, -0.1) is 0 Å². The first-order chi connectivity index (χ1) is 8.59. The molecule has 0 radical (unpaired) electrons. The zero-order chi connectivity index (χ0) is 13.4. The average molecular weight is 254 g/mol. The second kappa shape index (κ2) is 8.16. The standard InChI is InChI=1S/C16H34N2/c1-5-7-8-12-17(4)15-16(3)9-13-18(11-6-2)14-10-16/h5-15H2,1-4H3. The molecule has 2 nitrogen and oxygen atoms in total. The molecular weight excluding hydrogens is 220 g/mol. The fourth-order valence-corrected chi connectivity index (χ4v) is 3.15. The van der Waals surface area contributed by atoms with E-state index in [2.05, 4.69) is 37.6 Å². The molecule has 108 valence electrons. The lowest BCUT2D eigenvalue weighted by atomic mass is 9.80. The molecule has 1 aliphatic heterocycles. The lowest BCUT2D eigenvalue weighted by Crippen LogP contribution is -2.44. The largest absolute Gasteiger partial charge is 0.306 e. The van der Waals surface area contributed by atoms with E-state index in [1.165, 1.54) is 71.2 Å². The SMILES string of the molecule is CCCCCN(C)CC1(C)CCN(CCC)CC1. The van der Waals surface area contributed by atoms with E-state index in [0.29, 0.717) is 5.41 Å². The van der Waals surface area contributed by atoms with Crippen LogP contribution in [0.2, 0.25) is 0 Å². The van der Waals surface area contributed by atoms with Gasteiger partial charge in [0, 0.05) is 6.54 Å². The molecule has 0 unspecified atom stereocenters. The van der Waals surface area contributed by atoms with Crippen LogP contribution in [0.5, 0.6) is 0 Å². The molecular formula is C16H34N2. The molecule has 0 atom stereocenters. The van der Waals surface area contributed by atoms with E-state index < -0.39 is 0 Å². The fraction of sp³-hybridized carbons (Fsp3) is 1.00. The number of likely N-dealkylation sites (tertiary alicyclic amines) is 1. The Morgan fingerprint density at radius 2 is 1.72 bits per heavy atom. The Balaban J connectivity index is 2.24. The Morgan fingerprint density at radius 3 is 2.28 bits per heavy atom. The Hall–Kier alpha value is -0.0800. The van der Waals surface area contributed by atoms with Crippen molar-refractivity contribution in [1.29, 1.82) is 0 Å². The molecule has 18 heavy (non-hydrogen) atoms. The summed E-state index contributed by atoms with van der Waals surface area (Å²) in [6, 6.07) is 0. The van der Waals surface area contributed by atoms with Crippen LogP contribution in [0.1, 0.15) is 59.3 Å². The maximum Gasteiger partial charge on any atom is 0.00332 e. The van der Waals surface area contributed by atoms with Crippen molar-refractivity contribution in [3.63, 3.8) is 0 Å². The zero-order valence-corrected chi connectivity index (χ0v) is 13.2. The third kappa shape index (κ3) is 5.71. The summed E-state index contributed by atoms with van der Waals surface area (Å²) in [7, 11) is 2.30. The van der Waals surface area contributed by atoms with Gasteiger partial charge in [-0.05, 0) is 64.3 Å². The summed E-state index contributed by atoms with van der Waals surface area (Å²) in [5.74, 6) is 0. The lowest BCUT2D eigenvalue weighted by Gasteiger charge is -2.41. The van der Waals surface area contributed by atoms with E-state index in [0.717, 1.165) is 0 Å². The van der Waals surface area contributed by atoms with Gasteiger partial charge in [-0.2, -0.15) is 0 Å². The molecule has 1 fully saturated rings. The molecule has 1 aliphatic rings. The summed E-state index contributed by atoms with van der Waals surface area (Å²) >= 11 is 0. The van der Waals surface area contributed by atoms with Crippen molar-refractivity contribution in [1.82, 2.24) is 9.80 Å². The van der Waals surface area contributed by atoms with E-state index in [-0.39, 0.29) is 0 Å². The van der Waals surface area contributed by atoms with Gasteiger partial charge < -0.3 is 9.80 Å². The van der Waals surface area contributed by atoms with Crippen LogP contribution < -0.4 is 0 Å². The van der Waals surface area contributed by atoms with E-state index in [1.54, 1.807) is 0 Å². The number of rotatable bonds is 8.